The summed E-state index contributed by atoms with van der Waals surface area (Å²) in [6.07, 6.45) is 3.14. The Morgan fingerprint density at radius 1 is 1.44 bits per heavy atom. The molecule has 86 valence electrons. The van der Waals surface area contributed by atoms with Gasteiger partial charge in [0.05, 0.1) is 5.56 Å². The SMILES string of the molecule is C/C(=N/NC(=O)c1cccnc1)C(C)(C)C. The number of rotatable bonds is 2. The zero-order valence-corrected chi connectivity index (χ0v) is 10.1. The first-order chi connectivity index (χ1) is 7.41. The van der Waals surface area contributed by atoms with E-state index in [0.29, 0.717) is 5.56 Å². The minimum Gasteiger partial charge on any atom is -0.267 e. The van der Waals surface area contributed by atoms with Gasteiger partial charge in [-0.3, -0.25) is 9.78 Å². The minimum atomic E-state index is -0.239. The van der Waals surface area contributed by atoms with E-state index in [-0.39, 0.29) is 11.3 Å². The zero-order chi connectivity index (χ0) is 12.2. The Balaban J connectivity index is 2.67. The normalized spacial score (nSPS) is 12.4. The van der Waals surface area contributed by atoms with Gasteiger partial charge in [-0.2, -0.15) is 5.10 Å². The van der Waals surface area contributed by atoms with Crippen molar-refractivity contribution in [3.8, 4) is 0 Å². The predicted octanol–water partition coefficient (Wildman–Crippen LogP) is 2.23. The van der Waals surface area contributed by atoms with Crippen LogP contribution in [-0.2, 0) is 0 Å². The van der Waals surface area contributed by atoms with Gasteiger partial charge in [-0.25, -0.2) is 5.43 Å². The number of hydrogen-bond donors (Lipinski definition) is 1. The number of nitrogens with one attached hydrogen (secondary N) is 1. The Hall–Kier alpha value is -1.71. The fourth-order valence-corrected chi connectivity index (χ4v) is 0.864. The highest BCUT2D eigenvalue weighted by atomic mass is 16.2. The lowest BCUT2D eigenvalue weighted by Gasteiger charge is -2.17. The summed E-state index contributed by atoms with van der Waals surface area (Å²) in [6, 6.07) is 3.42. The van der Waals surface area contributed by atoms with Crippen LogP contribution in [0.3, 0.4) is 0 Å². The average Bonchev–Trinajstić information content (AvgIpc) is 2.25. The highest BCUT2D eigenvalue weighted by Crippen LogP contribution is 2.14. The van der Waals surface area contributed by atoms with E-state index in [4.69, 9.17) is 0 Å². The van der Waals surface area contributed by atoms with Crippen LogP contribution in [0.15, 0.2) is 29.6 Å². The highest BCUT2D eigenvalue weighted by Gasteiger charge is 2.14. The quantitative estimate of drug-likeness (QED) is 0.612. The summed E-state index contributed by atoms with van der Waals surface area (Å²) in [5.74, 6) is -0.239. The molecule has 0 atom stereocenters. The van der Waals surface area contributed by atoms with Gasteiger partial charge in [0.25, 0.3) is 5.91 Å². The van der Waals surface area contributed by atoms with Gasteiger partial charge in [0, 0.05) is 23.5 Å². The molecule has 1 rings (SSSR count). The van der Waals surface area contributed by atoms with Crippen molar-refractivity contribution in [3.63, 3.8) is 0 Å². The second-order valence-corrected chi connectivity index (χ2v) is 4.63. The molecule has 1 amide bonds. The summed E-state index contributed by atoms with van der Waals surface area (Å²) in [5, 5.41) is 4.06. The number of nitrogens with zero attached hydrogens (tertiary/aromatic N) is 2. The smallest absolute Gasteiger partial charge is 0.267 e. The first kappa shape index (κ1) is 12.4. The first-order valence-electron chi connectivity index (χ1n) is 5.16. The second-order valence-electron chi connectivity index (χ2n) is 4.63. The van der Waals surface area contributed by atoms with Crippen molar-refractivity contribution in [1.29, 1.82) is 0 Å². The average molecular weight is 219 g/mol. The summed E-state index contributed by atoms with van der Waals surface area (Å²) in [6.45, 7) is 8.02. The molecule has 0 bridgehead atoms. The van der Waals surface area contributed by atoms with Crippen LogP contribution < -0.4 is 5.43 Å². The van der Waals surface area contributed by atoms with Gasteiger partial charge >= 0.3 is 0 Å². The number of hydrazone groups is 1. The van der Waals surface area contributed by atoms with Crippen LogP contribution in [0.5, 0.6) is 0 Å². The third kappa shape index (κ3) is 3.46. The fourth-order valence-electron chi connectivity index (χ4n) is 0.864. The Kier molecular flexibility index (Phi) is 3.77. The van der Waals surface area contributed by atoms with E-state index >= 15 is 0 Å². The summed E-state index contributed by atoms with van der Waals surface area (Å²) in [4.78, 5) is 15.5. The molecule has 1 N–H and O–H groups in total. The van der Waals surface area contributed by atoms with Gasteiger partial charge in [0.15, 0.2) is 0 Å². The second kappa shape index (κ2) is 4.88. The third-order valence-corrected chi connectivity index (χ3v) is 2.33. The summed E-state index contributed by atoms with van der Waals surface area (Å²) >= 11 is 0. The fraction of sp³-hybridized carbons (Fsp3) is 0.417. The van der Waals surface area contributed by atoms with Crippen LogP contribution in [0.1, 0.15) is 38.1 Å². The van der Waals surface area contributed by atoms with E-state index in [2.05, 4.69) is 15.5 Å². The molecule has 0 aromatic carbocycles. The van der Waals surface area contributed by atoms with Gasteiger partial charge in [-0.15, -0.1) is 0 Å². The lowest BCUT2D eigenvalue weighted by atomic mass is 9.91. The highest BCUT2D eigenvalue weighted by molar-refractivity contribution is 5.95. The summed E-state index contributed by atoms with van der Waals surface area (Å²) in [7, 11) is 0. The molecule has 0 aliphatic rings. The van der Waals surface area contributed by atoms with Crippen LogP contribution >= 0.6 is 0 Å². The molecule has 1 aromatic rings. The Morgan fingerprint density at radius 2 is 2.12 bits per heavy atom. The lowest BCUT2D eigenvalue weighted by Crippen LogP contribution is -2.24. The first-order valence-corrected chi connectivity index (χ1v) is 5.16. The van der Waals surface area contributed by atoms with Crippen molar-refractivity contribution in [2.75, 3.05) is 0 Å². The molecular weight excluding hydrogens is 202 g/mol. The van der Waals surface area contributed by atoms with Crippen LogP contribution in [0.4, 0.5) is 0 Å². The van der Waals surface area contributed by atoms with Gasteiger partial charge in [-0.05, 0) is 19.1 Å². The molecule has 0 saturated carbocycles. The molecule has 4 nitrogen and oxygen atoms in total. The van der Waals surface area contributed by atoms with E-state index in [1.165, 1.54) is 6.20 Å². The minimum absolute atomic E-state index is 0.0395. The number of aromatic nitrogens is 1. The largest absolute Gasteiger partial charge is 0.272 e. The topological polar surface area (TPSA) is 54.4 Å². The maximum absolute atomic E-state index is 11.6. The molecule has 1 heterocycles. The molecule has 0 fully saturated rings. The summed E-state index contributed by atoms with van der Waals surface area (Å²) in [5.41, 5.74) is 3.86. The molecule has 1 aromatic heterocycles. The van der Waals surface area contributed by atoms with Crippen molar-refractivity contribution in [3.05, 3.63) is 30.1 Å². The Labute approximate surface area is 95.8 Å². The van der Waals surface area contributed by atoms with E-state index in [1.54, 1.807) is 18.3 Å². The zero-order valence-electron chi connectivity index (χ0n) is 10.1. The van der Waals surface area contributed by atoms with Crippen LogP contribution in [0.25, 0.3) is 0 Å². The molecule has 4 heteroatoms. The van der Waals surface area contributed by atoms with Crippen molar-refractivity contribution in [2.24, 2.45) is 10.5 Å². The van der Waals surface area contributed by atoms with Crippen LogP contribution in [0.2, 0.25) is 0 Å². The predicted molar refractivity (Wildman–Crippen MR) is 64.3 cm³/mol. The molecule has 0 spiro atoms. The molecular formula is C12H17N3O. The summed E-state index contributed by atoms with van der Waals surface area (Å²) < 4.78 is 0. The van der Waals surface area contributed by atoms with Crippen LogP contribution in [0, 0.1) is 5.41 Å². The molecule has 0 saturated heterocycles. The van der Waals surface area contributed by atoms with E-state index < -0.39 is 0 Å². The standard InChI is InChI=1S/C12H17N3O/c1-9(12(2,3)4)14-15-11(16)10-6-5-7-13-8-10/h5-8H,1-4H3,(H,15,16)/b14-9-. The Morgan fingerprint density at radius 3 is 2.62 bits per heavy atom. The van der Waals surface area contributed by atoms with Gasteiger partial charge in [0.2, 0.25) is 0 Å². The van der Waals surface area contributed by atoms with Crippen molar-refractivity contribution >= 4 is 11.6 Å². The maximum atomic E-state index is 11.6. The van der Waals surface area contributed by atoms with Crippen molar-refractivity contribution in [2.45, 2.75) is 27.7 Å². The van der Waals surface area contributed by atoms with Gasteiger partial charge in [-0.1, -0.05) is 20.8 Å². The molecule has 0 radical (unpaired) electrons. The molecule has 0 aliphatic heterocycles. The third-order valence-electron chi connectivity index (χ3n) is 2.33. The molecule has 16 heavy (non-hydrogen) atoms. The number of carbonyl (C=O) groups is 1. The van der Waals surface area contributed by atoms with Crippen LogP contribution in [-0.4, -0.2) is 16.6 Å². The van der Waals surface area contributed by atoms with E-state index in [9.17, 15) is 4.79 Å². The number of hydrogen-bond acceptors (Lipinski definition) is 3. The van der Waals surface area contributed by atoms with Gasteiger partial charge in [0.1, 0.15) is 0 Å². The number of carbonyl (C=O) groups excluding carboxylic acids is 1. The number of amides is 1. The molecule has 0 unspecified atom stereocenters. The monoisotopic (exact) mass is 219 g/mol. The Bertz CT molecular complexity index is 390. The van der Waals surface area contributed by atoms with E-state index in [1.807, 2.05) is 27.7 Å². The van der Waals surface area contributed by atoms with E-state index in [0.717, 1.165) is 5.71 Å². The molecule has 0 aliphatic carbocycles. The number of pyridine rings is 1. The van der Waals surface area contributed by atoms with Crippen molar-refractivity contribution in [1.82, 2.24) is 10.4 Å². The van der Waals surface area contributed by atoms with Crippen molar-refractivity contribution < 1.29 is 4.79 Å². The van der Waals surface area contributed by atoms with Gasteiger partial charge < -0.3 is 0 Å². The lowest BCUT2D eigenvalue weighted by molar-refractivity contribution is 0.0954. The maximum Gasteiger partial charge on any atom is 0.272 e.